The molecule has 0 saturated carbocycles. The van der Waals surface area contributed by atoms with Gasteiger partial charge in [-0.2, -0.15) is 15.0 Å². The number of hydrazine groups is 1. The largest absolute Gasteiger partial charge is 0.488 e. The van der Waals surface area contributed by atoms with E-state index in [1.54, 1.807) is 17.2 Å². The summed E-state index contributed by atoms with van der Waals surface area (Å²) in [5.41, 5.74) is 4.32. The van der Waals surface area contributed by atoms with Crippen LogP contribution in [0.4, 0.5) is 11.4 Å². The highest BCUT2D eigenvalue weighted by Crippen LogP contribution is 2.37. The Bertz CT molecular complexity index is 1610. The van der Waals surface area contributed by atoms with Gasteiger partial charge in [-0.1, -0.05) is 49.4 Å². The van der Waals surface area contributed by atoms with Crippen LogP contribution in [-0.4, -0.2) is 96.0 Å². The Kier molecular flexibility index (Phi) is 10.8. The zero-order valence-corrected chi connectivity index (χ0v) is 29.3. The number of ether oxygens (including phenoxy) is 3. The van der Waals surface area contributed by atoms with E-state index in [1.165, 1.54) is 11.4 Å². The van der Waals surface area contributed by atoms with Crippen LogP contribution < -0.4 is 14.5 Å². The van der Waals surface area contributed by atoms with Crippen LogP contribution in [0.2, 0.25) is 0 Å². The second-order valence-electron chi connectivity index (χ2n) is 13.1. The number of hydrogen-bond donors (Lipinski definition) is 0. The lowest BCUT2D eigenvalue weighted by molar-refractivity contribution is -0.196. The lowest BCUT2D eigenvalue weighted by Crippen LogP contribution is -2.48. The number of carbonyl (C=O) groups excluding carboxylic acids is 1. The number of anilines is 2. The molecule has 0 N–H and O–H groups in total. The Labute approximate surface area is 289 Å². The van der Waals surface area contributed by atoms with Gasteiger partial charge in [-0.3, -0.25) is 9.80 Å². The summed E-state index contributed by atoms with van der Waals surface area (Å²) in [6.45, 7) is 10.6. The Hall–Kier alpha value is -4.45. The average molecular weight is 668 g/mol. The number of piperazine rings is 1. The van der Waals surface area contributed by atoms with Crippen LogP contribution in [0.3, 0.4) is 0 Å². The predicted molar refractivity (Wildman–Crippen MR) is 190 cm³/mol. The van der Waals surface area contributed by atoms with Gasteiger partial charge >= 0.3 is 0 Å². The standard InChI is InChI=1S/C38H49N7O4/c1-6-29(2)45(41(4)5)37(46)26-31-12-14-33(15-13-31)42-22-24-43(25-23-42)34-16-18-35(19-17-34)48-30(3)36-27-47-38(49-36,28-44-39-20-21-40-44)32-10-8-7-9-11-32/h7-21,29-30,36H,6,22-28H2,1-5H3/t29?,30?,36-,38+/m0/s1. The molecule has 2 saturated heterocycles. The van der Waals surface area contributed by atoms with E-state index in [9.17, 15) is 4.79 Å². The third-order valence-corrected chi connectivity index (χ3v) is 9.53. The van der Waals surface area contributed by atoms with Crippen LogP contribution in [0.1, 0.15) is 38.3 Å². The molecule has 0 radical (unpaired) electrons. The SMILES string of the molecule is CCC(C)N(C(=O)Cc1ccc(N2CCN(c3ccc(OC(C)[C@@H]4CO[C@@](Cn5nccn5)(c5ccccc5)O4)cc3)CC2)cc1)N(C)C. The number of rotatable bonds is 13. The highest BCUT2D eigenvalue weighted by atomic mass is 16.8. The normalized spacial score (nSPS) is 20.7. The first-order chi connectivity index (χ1) is 23.7. The van der Waals surface area contributed by atoms with Gasteiger partial charge in [0.05, 0.1) is 25.4 Å². The summed E-state index contributed by atoms with van der Waals surface area (Å²) in [6, 6.07) is 26.9. The Morgan fingerprint density at radius 1 is 0.898 bits per heavy atom. The zero-order valence-electron chi connectivity index (χ0n) is 29.3. The number of amides is 1. The molecule has 2 unspecified atom stereocenters. The van der Waals surface area contributed by atoms with Gasteiger partial charge in [0, 0.05) is 63.3 Å². The first-order valence-corrected chi connectivity index (χ1v) is 17.3. The second-order valence-corrected chi connectivity index (χ2v) is 13.1. The summed E-state index contributed by atoms with van der Waals surface area (Å²) >= 11 is 0. The zero-order chi connectivity index (χ0) is 34.4. The fourth-order valence-corrected chi connectivity index (χ4v) is 6.65. The first kappa shape index (κ1) is 34.4. The van der Waals surface area contributed by atoms with Crippen molar-refractivity contribution in [3.05, 3.63) is 102 Å². The monoisotopic (exact) mass is 667 g/mol. The van der Waals surface area contributed by atoms with Crippen LogP contribution in [0.5, 0.6) is 5.75 Å². The Balaban J connectivity index is 0.999. The molecule has 6 rings (SSSR count). The highest BCUT2D eigenvalue weighted by Gasteiger charge is 2.46. The van der Waals surface area contributed by atoms with E-state index in [0.717, 1.165) is 49.5 Å². The minimum Gasteiger partial charge on any atom is -0.488 e. The van der Waals surface area contributed by atoms with E-state index >= 15 is 0 Å². The fraction of sp³-hybridized carbons (Fsp3) is 0.447. The van der Waals surface area contributed by atoms with E-state index in [0.29, 0.717) is 19.6 Å². The molecule has 2 fully saturated rings. The van der Waals surface area contributed by atoms with Crippen molar-refractivity contribution in [2.24, 2.45) is 0 Å². The molecular formula is C38H49N7O4. The van der Waals surface area contributed by atoms with Crippen LogP contribution in [0, 0.1) is 0 Å². The summed E-state index contributed by atoms with van der Waals surface area (Å²) in [4.78, 5) is 19.4. The molecule has 49 heavy (non-hydrogen) atoms. The van der Waals surface area contributed by atoms with Crippen molar-refractivity contribution in [1.29, 1.82) is 0 Å². The predicted octanol–water partition coefficient (Wildman–Crippen LogP) is 4.99. The van der Waals surface area contributed by atoms with Gasteiger partial charge in [0.15, 0.2) is 0 Å². The second kappa shape index (κ2) is 15.4. The maximum atomic E-state index is 13.0. The number of aromatic nitrogens is 3. The van der Waals surface area contributed by atoms with Crippen molar-refractivity contribution in [2.75, 3.05) is 56.7 Å². The van der Waals surface area contributed by atoms with Crippen molar-refractivity contribution < 1.29 is 19.0 Å². The van der Waals surface area contributed by atoms with Crippen molar-refractivity contribution >= 4 is 17.3 Å². The minimum absolute atomic E-state index is 0.122. The van der Waals surface area contributed by atoms with Gasteiger partial charge in [0.1, 0.15) is 24.5 Å². The number of carbonyl (C=O) groups is 1. The topological polar surface area (TPSA) is 88.4 Å². The molecule has 1 aromatic heterocycles. The van der Waals surface area contributed by atoms with Crippen molar-refractivity contribution in [1.82, 2.24) is 25.0 Å². The maximum Gasteiger partial charge on any atom is 0.241 e. The molecular weight excluding hydrogens is 618 g/mol. The van der Waals surface area contributed by atoms with E-state index in [-0.39, 0.29) is 24.2 Å². The van der Waals surface area contributed by atoms with E-state index in [2.05, 4.69) is 70.2 Å². The van der Waals surface area contributed by atoms with Crippen molar-refractivity contribution in [3.8, 4) is 5.75 Å². The summed E-state index contributed by atoms with van der Waals surface area (Å²) in [5, 5.41) is 12.3. The summed E-state index contributed by atoms with van der Waals surface area (Å²) in [6.07, 6.45) is 4.12. The van der Waals surface area contributed by atoms with Crippen molar-refractivity contribution in [3.63, 3.8) is 0 Å². The van der Waals surface area contributed by atoms with Crippen LogP contribution in [0.15, 0.2) is 91.3 Å². The molecule has 260 valence electrons. The third-order valence-electron chi connectivity index (χ3n) is 9.53. The third kappa shape index (κ3) is 8.07. The molecule has 0 aliphatic carbocycles. The van der Waals surface area contributed by atoms with E-state index in [4.69, 9.17) is 14.2 Å². The molecule has 0 spiro atoms. The van der Waals surface area contributed by atoms with Crippen LogP contribution >= 0.6 is 0 Å². The molecule has 0 bridgehead atoms. The summed E-state index contributed by atoms with van der Waals surface area (Å²) < 4.78 is 19.3. The molecule has 1 amide bonds. The lowest BCUT2D eigenvalue weighted by Gasteiger charge is -2.37. The Morgan fingerprint density at radius 3 is 2.06 bits per heavy atom. The molecule has 2 aliphatic heterocycles. The fourth-order valence-electron chi connectivity index (χ4n) is 6.65. The van der Waals surface area contributed by atoms with E-state index < -0.39 is 5.79 Å². The smallest absolute Gasteiger partial charge is 0.241 e. The highest BCUT2D eigenvalue weighted by molar-refractivity contribution is 5.78. The van der Waals surface area contributed by atoms with Gasteiger partial charge < -0.3 is 24.0 Å². The molecule has 11 heteroatoms. The summed E-state index contributed by atoms with van der Waals surface area (Å²) in [7, 11) is 3.85. The Morgan fingerprint density at radius 2 is 1.49 bits per heavy atom. The molecule has 4 atom stereocenters. The average Bonchev–Trinajstić information content (AvgIpc) is 3.80. The van der Waals surface area contributed by atoms with Crippen LogP contribution in [0.25, 0.3) is 0 Å². The maximum absolute atomic E-state index is 13.0. The lowest BCUT2D eigenvalue weighted by atomic mass is 10.1. The van der Waals surface area contributed by atoms with Gasteiger partial charge in [-0.25, -0.2) is 5.01 Å². The minimum atomic E-state index is -0.989. The molecule has 2 aliphatic rings. The van der Waals surface area contributed by atoms with Crippen LogP contribution in [-0.2, 0) is 33.0 Å². The van der Waals surface area contributed by atoms with Gasteiger partial charge in [-0.15, -0.1) is 0 Å². The number of nitrogens with zero attached hydrogens (tertiary/aromatic N) is 7. The number of hydrogen-bond acceptors (Lipinski definition) is 9. The molecule has 3 heterocycles. The van der Waals surface area contributed by atoms with E-state index in [1.807, 2.05) is 73.5 Å². The summed E-state index contributed by atoms with van der Waals surface area (Å²) in [5.74, 6) is -0.0750. The number of benzene rings is 3. The molecule has 3 aromatic carbocycles. The molecule has 11 nitrogen and oxygen atoms in total. The molecule has 4 aromatic rings. The van der Waals surface area contributed by atoms with Crippen molar-refractivity contribution in [2.45, 2.75) is 64.2 Å². The van der Waals surface area contributed by atoms with Gasteiger partial charge in [0.25, 0.3) is 0 Å². The van der Waals surface area contributed by atoms with Gasteiger partial charge in [0.2, 0.25) is 11.7 Å². The first-order valence-electron chi connectivity index (χ1n) is 17.3. The van der Waals surface area contributed by atoms with Gasteiger partial charge in [-0.05, 0) is 62.2 Å². The quantitative estimate of drug-likeness (QED) is 0.183.